The molecule has 0 fully saturated rings. The van der Waals surface area contributed by atoms with Crippen molar-refractivity contribution >= 4 is 34.8 Å². The van der Waals surface area contributed by atoms with Gasteiger partial charge in [0.2, 0.25) is 0 Å². The molecule has 0 aliphatic rings. The van der Waals surface area contributed by atoms with Crippen LogP contribution in [0.4, 0.5) is 0 Å². The van der Waals surface area contributed by atoms with E-state index in [1.165, 1.54) is 0 Å². The topological polar surface area (TPSA) is 36.1 Å². The summed E-state index contributed by atoms with van der Waals surface area (Å²) >= 11 is 17.7. The molecule has 0 rings (SSSR count). The molecule has 0 spiro atoms. The molecule has 208 valence electrons. The molecule has 0 heterocycles. The minimum Gasteiger partial charge on any atom is -0.387 e. The Morgan fingerprint density at radius 1 is 0.886 bits per heavy atom. The van der Waals surface area contributed by atoms with Crippen LogP contribution < -0.4 is 16.0 Å². The fourth-order valence-corrected chi connectivity index (χ4v) is 4.79. The van der Waals surface area contributed by atoms with E-state index in [0.29, 0.717) is 18.3 Å². The van der Waals surface area contributed by atoms with E-state index in [4.69, 9.17) is 34.8 Å². The summed E-state index contributed by atoms with van der Waals surface area (Å²) in [6, 6.07) is 0.117. The molecular formula is C29H56Cl3N3. The lowest BCUT2D eigenvalue weighted by molar-refractivity contribution is 0.197. The van der Waals surface area contributed by atoms with Crippen molar-refractivity contribution < 1.29 is 0 Å². The van der Waals surface area contributed by atoms with Gasteiger partial charge < -0.3 is 16.0 Å². The molecule has 3 N–H and O–H groups in total. The monoisotopic (exact) mass is 551 g/mol. The molecule has 6 heteroatoms. The van der Waals surface area contributed by atoms with Crippen molar-refractivity contribution in [3.05, 3.63) is 24.6 Å². The fourth-order valence-electron chi connectivity index (χ4n) is 4.46. The Bertz CT molecular complexity index is 648. The van der Waals surface area contributed by atoms with Crippen LogP contribution in [0.2, 0.25) is 0 Å². The highest BCUT2D eigenvalue weighted by Gasteiger charge is 2.33. The van der Waals surface area contributed by atoms with E-state index in [1.54, 1.807) is 0 Å². The van der Waals surface area contributed by atoms with Gasteiger partial charge in [-0.2, -0.15) is 0 Å². The number of unbranched alkanes of at least 4 members (excludes halogenated alkanes) is 1. The molecule has 0 amide bonds. The first kappa shape index (κ1) is 34.9. The molecule has 3 nitrogen and oxygen atoms in total. The van der Waals surface area contributed by atoms with E-state index >= 15 is 0 Å². The molecule has 0 aromatic carbocycles. The maximum atomic E-state index is 5.89. The maximum Gasteiger partial charge on any atom is 0.190 e. The van der Waals surface area contributed by atoms with Gasteiger partial charge in [0.25, 0.3) is 0 Å². The predicted molar refractivity (Wildman–Crippen MR) is 161 cm³/mol. The summed E-state index contributed by atoms with van der Waals surface area (Å²) in [7, 11) is 2.04. The number of alkyl halides is 3. The summed E-state index contributed by atoms with van der Waals surface area (Å²) in [6.07, 6.45) is 6.97. The maximum absolute atomic E-state index is 5.89. The van der Waals surface area contributed by atoms with Crippen LogP contribution in [0.1, 0.15) is 107 Å². The van der Waals surface area contributed by atoms with Crippen molar-refractivity contribution in [2.75, 3.05) is 13.6 Å². The second-order valence-corrected chi connectivity index (χ2v) is 15.5. The Hall–Kier alpha value is -0.0900. The minimum absolute atomic E-state index is 0.00423. The number of nitrogens with one attached hydrogen (secondary N) is 3. The van der Waals surface area contributed by atoms with Crippen LogP contribution in [0.5, 0.6) is 0 Å². The van der Waals surface area contributed by atoms with Gasteiger partial charge in [-0.15, -0.1) is 0 Å². The second-order valence-electron chi connectivity index (χ2n) is 12.9. The van der Waals surface area contributed by atoms with Crippen molar-refractivity contribution in [3.8, 4) is 0 Å². The van der Waals surface area contributed by atoms with Crippen molar-refractivity contribution in [2.24, 2.45) is 22.7 Å². The van der Waals surface area contributed by atoms with Crippen LogP contribution >= 0.6 is 34.8 Å². The molecular weight excluding hydrogens is 497 g/mol. The van der Waals surface area contributed by atoms with Gasteiger partial charge in [0, 0.05) is 28.9 Å². The third-order valence-corrected chi connectivity index (χ3v) is 8.31. The van der Waals surface area contributed by atoms with Gasteiger partial charge in [0.1, 0.15) is 0 Å². The Morgan fingerprint density at radius 3 is 1.94 bits per heavy atom. The molecule has 0 aliphatic carbocycles. The zero-order valence-corrected chi connectivity index (χ0v) is 26.7. The first-order chi connectivity index (χ1) is 15.7. The first-order valence-electron chi connectivity index (χ1n) is 13.4. The second kappa shape index (κ2) is 14.7. The minimum atomic E-state index is -1.14. The summed E-state index contributed by atoms with van der Waals surface area (Å²) < 4.78 is -1.14. The average molecular weight is 553 g/mol. The number of hydrogen-bond acceptors (Lipinski definition) is 3. The number of hydrogen-bond donors (Lipinski definition) is 3. The van der Waals surface area contributed by atoms with Crippen LogP contribution in [0.15, 0.2) is 24.6 Å². The SMILES string of the molecule is C=C(NCCCCC(C)CCC(Cl)(Cl)Cl)[C@H](CC(C)(C)CC(C)(C)NC)NC(=C)C(C)(C)C(C)C. The standard InChI is InChI=1S/C29H56Cl3N3/c1-21(2)28(10,11)24(5)35-25(19-26(6,7)20-27(8,9)33-12)23(4)34-18-14-13-15-22(3)16-17-29(30,31)32/h21-22,25,33-35H,4-5,13-20H2,1-3,6-12H3/t22?,25-/m0/s1. The molecule has 0 aromatic rings. The average Bonchev–Trinajstić information content (AvgIpc) is 2.69. The zero-order chi connectivity index (χ0) is 27.7. The quantitative estimate of drug-likeness (QED) is 0.117. The molecule has 0 radical (unpaired) electrons. The van der Waals surface area contributed by atoms with Crippen LogP contribution in [-0.2, 0) is 0 Å². The lowest BCUT2D eigenvalue weighted by atomic mass is 9.74. The van der Waals surface area contributed by atoms with E-state index in [-0.39, 0.29) is 22.4 Å². The van der Waals surface area contributed by atoms with E-state index in [0.717, 1.165) is 56.5 Å². The van der Waals surface area contributed by atoms with Gasteiger partial charge in [0.15, 0.2) is 3.79 Å². The molecule has 35 heavy (non-hydrogen) atoms. The van der Waals surface area contributed by atoms with Gasteiger partial charge >= 0.3 is 0 Å². The van der Waals surface area contributed by atoms with Crippen LogP contribution in [0.3, 0.4) is 0 Å². The number of rotatable bonds is 18. The fraction of sp³-hybridized carbons (Fsp3) is 0.862. The highest BCUT2D eigenvalue weighted by Crippen LogP contribution is 2.37. The van der Waals surface area contributed by atoms with Crippen molar-refractivity contribution in [1.29, 1.82) is 0 Å². The Morgan fingerprint density at radius 2 is 1.46 bits per heavy atom. The Labute approximate surface area is 233 Å². The normalized spacial score (nSPS) is 15.1. The van der Waals surface area contributed by atoms with Crippen LogP contribution in [-0.4, -0.2) is 29.0 Å². The lowest BCUT2D eigenvalue weighted by Gasteiger charge is -2.40. The summed E-state index contributed by atoms with van der Waals surface area (Å²) in [6.45, 7) is 30.3. The van der Waals surface area contributed by atoms with Gasteiger partial charge in [-0.05, 0) is 70.3 Å². The molecule has 2 atom stereocenters. The third kappa shape index (κ3) is 15.0. The molecule has 0 saturated heterocycles. The lowest BCUT2D eigenvalue weighted by Crippen LogP contribution is -2.46. The summed E-state index contributed by atoms with van der Waals surface area (Å²) in [5, 5.41) is 10.9. The Kier molecular flexibility index (Phi) is 14.7. The van der Waals surface area contributed by atoms with Gasteiger partial charge in [-0.25, -0.2) is 0 Å². The van der Waals surface area contributed by atoms with Crippen molar-refractivity contribution in [2.45, 2.75) is 123 Å². The highest BCUT2D eigenvalue weighted by molar-refractivity contribution is 6.67. The summed E-state index contributed by atoms with van der Waals surface area (Å²) in [5.41, 5.74) is 2.31. The number of allylic oxidation sites excluding steroid dienone is 1. The van der Waals surface area contributed by atoms with Gasteiger partial charge in [0.05, 0.1) is 6.04 Å². The largest absolute Gasteiger partial charge is 0.387 e. The zero-order valence-electron chi connectivity index (χ0n) is 24.4. The predicted octanol–water partition coefficient (Wildman–Crippen LogP) is 9.01. The van der Waals surface area contributed by atoms with Crippen molar-refractivity contribution in [3.63, 3.8) is 0 Å². The van der Waals surface area contributed by atoms with Gasteiger partial charge in [-0.3, -0.25) is 0 Å². The summed E-state index contributed by atoms with van der Waals surface area (Å²) in [5.74, 6) is 1.05. The third-order valence-electron chi connectivity index (χ3n) is 7.74. The molecule has 1 unspecified atom stereocenters. The molecule has 0 saturated carbocycles. The van der Waals surface area contributed by atoms with E-state index < -0.39 is 3.79 Å². The van der Waals surface area contributed by atoms with Crippen LogP contribution in [0.25, 0.3) is 0 Å². The smallest absolute Gasteiger partial charge is 0.190 e. The van der Waals surface area contributed by atoms with Crippen molar-refractivity contribution in [1.82, 2.24) is 16.0 Å². The Balaban J connectivity index is 5.06. The van der Waals surface area contributed by atoms with Crippen LogP contribution in [0, 0.1) is 22.7 Å². The molecule has 0 bridgehead atoms. The molecule has 0 aliphatic heterocycles. The van der Waals surface area contributed by atoms with Gasteiger partial charge in [-0.1, -0.05) is 109 Å². The number of halogens is 3. The highest BCUT2D eigenvalue weighted by atomic mass is 35.6. The first-order valence-corrected chi connectivity index (χ1v) is 14.5. The van der Waals surface area contributed by atoms with E-state index in [2.05, 4.69) is 91.4 Å². The van der Waals surface area contributed by atoms with E-state index in [1.807, 2.05) is 7.05 Å². The molecule has 0 aromatic heterocycles. The summed E-state index contributed by atoms with van der Waals surface area (Å²) in [4.78, 5) is 0. The van der Waals surface area contributed by atoms with E-state index in [9.17, 15) is 0 Å².